The third-order valence-electron chi connectivity index (χ3n) is 3.46. The summed E-state index contributed by atoms with van der Waals surface area (Å²) in [6.07, 6.45) is 0. The number of hydrogen-bond acceptors (Lipinski definition) is 5. The third kappa shape index (κ3) is 2.39. The minimum absolute atomic E-state index is 0.0126. The second-order valence-electron chi connectivity index (χ2n) is 4.77. The number of benzene rings is 1. The van der Waals surface area contributed by atoms with E-state index in [2.05, 4.69) is 15.0 Å². The van der Waals surface area contributed by atoms with Gasteiger partial charge in [0.2, 0.25) is 5.95 Å². The van der Waals surface area contributed by atoms with Crippen LogP contribution in [0.25, 0.3) is 11.4 Å². The van der Waals surface area contributed by atoms with Crippen molar-refractivity contribution in [1.29, 1.82) is 0 Å². The van der Waals surface area contributed by atoms with E-state index in [9.17, 15) is 5.11 Å². The summed E-state index contributed by atoms with van der Waals surface area (Å²) in [6, 6.07) is 7.66. The fourth-order valence-corrected chi connectivity index (χ4v) is 2.41. The normalized spacial score (nSPS) is 15.6. The van der Waals surface area contributed by atoms with Crippen LogP contribution in [0.1, 0.15) is 5.56 Å². The largest absolute Gasteiger partial charge is 0.392 e. The van der Waals surface area contributed by atoms with E-state index in [0.717, 1.165) is 43.4 Å². The van der Waals surface area contributed by atoms with Gasteiger partial charge in [0.05, 0.1) is 19.8 Å². The van der Waals surface area contributed by atoms with Gasteiger partial charge >= 0.3 is 0 Å². The summed E-state index contributed by atoms with van der Waals surface area (Å²) in [5, 5.41) is 13.9. The van der Waals surface area contributed by atoms with Crippen LogP contribution in [-0.2, 0) is 18.4 Å². The first-order valence-corrected chi connectivity index (χ1v) is 6.72. The van der Waals surface area contributed by atoms with Crippen molar-refractivity contribution in [3.8, 4) is 11.4 Å². The minimum atomic E-state index is -0.0126. The molecule has 106 valence electrons. The second-order valence-corrected chi connectivity index (χ2v) is 4.77. The summed E-state index contributed by atoms with van der Waals surface area (Å²) in [6.45, 7) is 3.08. The number of ether oxygens (including phenoxy) is 1. The highest BCUT2D eigenvalue weighted by Crippen LogP contribution is 2.23. The Morgan fingerprint density at radius 3 is 2.75 bits per heavy atom. The maximum absolute atomic E-state index is 9.42. The summed E-state index contributed by atoms with van der Waals surface area (Å²) < 4.78 is 7.14. The molecule has 0 bridgehead atoms. The predicted octanol–water partition coefficient (Wildman–Crippen LogP) is 0.811. The van der Waals surface area contributed by atoms with Gasteiger partial charge in [0.15, 0.2) is 5.82 Å². The Morgan fingerprint density at radius 2 is 2.00 bits per heavy atom. The molecule has 2 heterocycles. The number of aryl methyl sites for hydroxylation is 1. The molecule has 1 fully saturated rings. The maximum atomic E-state index is 9.42. The van der Waals surface area contributed by atoms with E-state index in [0.29, 0.717) is 5.82 Å². The molecule has 0 atom stereocenters. The van der Waals surface area contributed by atoms with Crippen molar-refractivity contribution in [3.63, 3.8) is 0 Å². The average molecular weight is 274 g/mol. The van der Waals surface area contributed by atoms with Gasteiger partial charge in [-0.3, -0.25) is 0 Å². The fraction of sp³-hybridized carbons (Fsp3) is 0.429. The summed E-state index contributed by atoms with van der Waals surface area (Å²) in [4.78, 5) is 6.79. The van der Waals surface area contributed by atoms with E-state index in [-0.39, 0.29) is 6.61 Å². The van der Waals surface area contributed by atoms with Crippen molar-refractivity contribution in [2.45, 2.75) is 6.61 Å². The van der Waals surface area contributed by atoms with Crippen LogP contribution in [0.4, 0.5) is 5.95 Å². The van der Waals surface area contributed by atoms with Crippen LogP contribution in [-0.4, -0.2) is 46.2 Å². The molecule has 0 radical (unpaired) electrons. The molecule has 1 saturated heterocycles. The van der Waals surface area contributed by atoms with E-state index in [1.165, 1.54) is 0 Å². The molecule has 20 heavy (non-hydrogen) atoms. The summed E-state index contributed by atoms with van der Waals surface area (Å²) >= 11 is 0. The van der Waals surface area contributed by atoms with Gasteiger partial charge in [-0.2, -0.15) is 4.98 Å². The highest BCUT2D eigenvalue weighted by molar-refractivity contribution is 5.61. The van der Waals surface area contributed by atoms with Crippen LogP contribution in [0, 0.1) is 0 Å². The summed E-state index contributed by atoms with van der Waals surface area (Å²) in [5.74, 6) is 1.50. The van der Waals surface area contributed by atoms with Crippen LogP contribution in [0.2, 0.25) is 0 Å². The van der Waals surface area contributed by atoms with Crippen molar-refractivity contribution in [2.24, 2.45) is 7.05 Å². The summed E-state index contributed by atoms with van der Waals surface area (Å²) in [5.41, 5.74) is 1.72. The zero-order chi connectivity index (χ0) is 13.9. The SMILES string of the molecule is Cn1nc(-c2ccccc2CO)nc1N1CCOCC1. The molecule has 0 spiro atoms. The number of aromatic nitrogens is 3. The van der Waals surface area contributed by atoms with Gasteiger partial charge in [-0.25, -0.2) is 4.68 Å². The topological polar surface area (TPSA) is 63.4 Å². The molecule has 6 heteroatoms. The van der Waals surface area contributed by atoms with Crippen molar-refractivity contribution in [1.82, 2.24) is 14.8 Å². The molecular weight excluding hydrogens is 256 g/mol. The Bertz CT molecular complexity index is 591. The molecule has 0 saturated carbocycles. The highest BCUT2D eigenvalue weighted by Gasteiger charge is 2.19. The molecule has 0 amide bonds. The molecule has 0 aliphatic carbocycles. The average Bonchev–Trinajstić information content (AvgIpc) is 2.90. The Labute approximate surface area is 117 Å². The predicted molar refractivity (Wildman–Crippen MR) is 75.4 cm³/mol. The van der Waals surface area contributed by atoms with Crippen LogP contribution in [0.3, 0.4) is 0 Å². The zero-order valence-electron chi connectivity index (χ0n) is 11.5. The molecule has 1 aliphatic rings. The van der Waals surface area contributed by atoms with Gasteiger partial charge in [0.25, 0.3) is 0 Å². The number of rotatable bonds is 3. The van der Waals surface area contributed by atoms with E-state index in [1.807, 2.05) is 31.3 Å². The third-order valence-corrected chi connectivity index (χ3v) is 3.46. The molecule has 1 aromatic heterocycles. The Kier molecular flexibility index (Phi) is 3.66. The van der Waals surface area contributed by atoms with Crippen molar-refractivity contribution < 1.29 is 9.84 Å². The molecule has 0 unspecified atom stereocenters. The molecule has 6 nitrogen and oxygen atoms in total. The quantitative estimate of drug-likeness (QED) is 0.897. The first-order valence-electron chi connectivity index (χ1n) is 6.72. The number of aliphatic hydroxyl groups is 1. The van der Waals surface area contributed by atoms with Crippen molar-refractivity contribution in [2.75, 3.05) is 31.2 Å². The van der Waals surface area contributed by atoms with Gasteiger partial charge in [-0.05, 0) is 5.56 Å². The number of aliphatic hydroxyl groups excluding tert-OH is 1. The molecule has 2 aromatic rings. The lowest BCUT2D eigenvalue weighted by atomic mass is 10.1. The number of anilines is 1. The van der Waals surface area contributed by atoms with Gasteiger partial charge in [0.1, 0.15) is 0 Å². The minimum Gasteiger partial charge on any atom is -0.392 e. The molecule has 1 aromatic carbocycles. The van der Waals surface area contributed by atoms with Crippen LogP contribution >= 0.6 is 0 Å². The number of morpholine rings is 1. The maximum Gasteiger partial charge on any atom is 0.224 e. The summed E-state index contributed by atoms with van der Waals surface area (Å²) in [7, 11) is 1.89. The van der Waals surface area contributed by atoms with E-state index < -0.39 is 0 Å². The van der Waals surface area contributed by atoms with E-state index >= 15 is 0 Å². The fourth-order valence-electron chi connectivity index (χ4n) is 2.41. The van der Waals surface area contributed by atoms with Crippen molar-refractivity contribution >= 4 is 5.95 Å². The lowest BCUT2D eigenvalue weighted by Gasteiger charge is -2.26. The lowest BCUT2D eigenvalue weighted by Crippen LogP contribution is -2.37. The van der Waals surface area contributed by atoms with Crippen LogP contribution < -0.4 is 4.90 Å². The number of nitrogens with zero attached hydrogens (tertiary/aromatic N) is 4. The molecule has 1 N–H and O–H groups in total. The monoisotopic (exact) mass is 274 g/mol. The Hall–Kier alpha value is -1.92. The second kappa shape index (κ2) is 5.60. The first kappa shape index (κ1) is 13.1. The van der Waals surface area contributed by atoms with Crippen LogP contribution in [0.5, 0.6) is 0 Å². The lowest BCUT2D eigenvalue weighted by molar-refractivity contribution is 0.121. The van der Waals surface area contributed by atoms with Gasteiger partial charge in [0, 0.05) is 25.7 Å². The molecule has 1 aliphatic heterocycles. The standard InChI is InChI=1S/C14H18N4O2/c1-17-14(18-6-8-20-9-7-18)15-13(16-17)12-5-3-2-4-11(12)10-19/h2-5,19H,6-10H2,1H3. The highest BCUT2D eigenvalue weighted by atomic mass is 16.5. The molecule has 3 rings (SSSR count). The smallest absolute Gasteiger partial charge is 0.224 e. The van der Waals surface area contributed by atoms with Crippen molar-refractivity contribution in [3.05, 3.63) is 29.8 Å². The van der Waals surface area contributed by atoms with E-state index in [4.69, 9.17) is 4.74 Å². The van der Waals surface area contributed by atoms with Gasteiger partial charge < -0.3 is 14.7 Å². The van der Waals surface area contributed by atoms with Gasteiger partial charge in [-0.15, -0.1) is 5.10 Å². The van der Waals surface area contributed by atoms with Crippen LogP contribution in [0.15, 0.2) is 24.3 Å². The van der Waals surface area contributed by atoms with Gasteiger partial charge in [-0.1, -0.05) is 24.3 Å². The Morgan fingerprint density at radius 1 is 1.25 bits per heavy atom. The molecular formula is C14H18N4O2. The first-order chi connectivity index (χ1) is 9.79. The van der Waals surface area contributed by atoms with E-state index in [1.54, 1.807) is 4.68 Å². The zero-order valence-corrected chi connectivity index (χ0v) is 11.5. The Balaban J connectivity index is 1.95. The number of hydrogen-bond donors (Lipinski definition) is 1.